The van der Waals surface area contributed by atoms with Crippen LogP contribution in [0, 0.1) is 0 Å². The molecule has 0 aliphatic rings. The van der Waals surface area contributed by atoms with Crippen LogP contribution in [0.25, 0.3) is 0 Å². The summed E-state index contributed by atoms with van der Waals surface area (Å²) < 4.78 is 33.5. The van der Waals surface area contributed by atoms with Crippen LogP contribution >= 0.6 is 15.9 Å². The second-order valence-corrected chi connectivity index (χ2v) is 7.20. The van der Waals surface area contributed by atoms with Gasteiger partial charge in [0.05, 0.1) is 6.54 Å². The topological polar surface area (TPSA) is 71.3 Å². The number of sulfonamides is 1. The van der Waals surface area contributed by atoms with E-state index in [-0.39, 0.29) is 9.56 Å². The average molecular weight is 367 g/mol. The SMILES string of the molecule is CCC(CC)(CC)NS(=O)(=O)c1cc(CNC)oc1Br. The third kappa shape index (κ3) is 3.84. The van der Waals surface area contributed by atoms with Crippen LogP contribution in [0.3, 0.4) is 0 Å². The minimum atomic E-state index is -3.60. The fraction of sp³-hybridized carbons (Fsp3) is 0.692. The van der Waals surface area contributed by atoms with E-state index in [1.165, 1.54) is 0 Å². The molecule has 1 aromatic rings. The molecule has 1 rings (SSSR count). The summed E-state index contributed by atoms with van der Waals surface area (Å²) in [5.74, 6) is 0.579. The second kappa shape index (κ2) is 7.06. The second-order valence-electron chi connectivity index (χ2n) is 4.83. The highest BCUT2D eigenvalue weighted by molar-refractivity contribution is 9.10. The van der Waals surface area contributed by atoms with Gasteiger partial charge in [0.2, 0.25) is 10.0 Å². The maximum absolute atomic E-state index is 12.5. The molecule has 0 bridgehead atoms. The van der Waals surface area contributed by atoms with Gasteiger partial charge in [-0.25, -0.2) is 13.1 Å². The van der Waals surface area contributed by atoms with Crippen LogP contribution in [-0.4, -0.2) is 21.0 Å². The molecule has 1 heterocycles. The fourth-order valence-electron chi connectivity index (χ4n) is 2.15. The molecule has 0 aliphatic heterocycles. The molecule has 0 aliphatic carbocycles. The molecule has 116 valence electrons. The Kier molecular flexibility index (Phi) is 6.25. The van der Waals surface area contributed by atoms with Crippen LogP contribution in [0.2, 0.25) is 0 Å². The maximum atomic E-state index is 12.5. The van der Waals surface area contributed by atoms with E-state index in [0.29, 0.717) is 12.3 Å². The van der Waals surface area contributed by atoms with E-state index in [4.69, 9.17) is 4.42 Å². The summed E-state index contributed by atoms with van der Waals surface area (Å²) in [6, 6.07) is 1.55. The van der Waals surface area contributed by atoms with Gasteiger partial charge in [0.1, 0.15) is 10.7 Å². The molecule has 5 nitrogen and oxygen atoms in total. The summed E-state index contributed by atoms with van der Waals surface area (Å²) in [7, 11) is -1.82. The zero-order valence-electron chi connectivity index (χ0n) is 12.4. The van der Waals surface area contributed by atoms with Crippen molar-refractivity contribution < 1.29 is 12.8 Å². The van der Waals surface area contributed by atoms with Crippen LogP contribution in [0.1, 0.15) is 45.8 Å². The van der Waals surface area contributed by atoms with Crippen molar-refractivity contribution in [2.75, 3.05) is 7.05 Å². The molecule has 0 aromatic carbocycles. The molecule has 0 amide bonds. The number of halogens is 1. The molecule has 0 spiro atoms. The van der Waals surface area contributed by atoms with Gasteiger partial charge < -0.3 is 9.73 Å². The van der Waals surface area contributed by atoms with Crippen molar-refractivity contribution in [3.63, 3.8) is 0 Å². The van der Waals surface area contributed by atoms with Gasteiger partial charge in [-0.15, -0.1) is 0 Å². The molecular formula is C13H23BrN2O3S. The average Bonchev–Trinajstić information content (AvgIpc) is 2.78. The molecule has 0 atom stereocenters. The lowest BCUT2D eigenvalue weighted by Crippen LogP contribution is -2.46. The van der Waals surface area contributed by atoms with Gasteiger partial charge in [-0.2, -0.15) is 0 Å². The molecule has 1 aromatic heterocycles. The monoisotopic (exact) mass is 366 g/mol. The highest BCUT2D eigenvalue weighted by atomic mass is 79.9. The first kappa shape index (κ1) is 17.7. The Labute approximate surface area is 129 Å². The molecular weight excluding hydrogens is 344 g/mol. The van der Waals surface area contributed by atoms with Gasteiger partial charge in [0, 0.05) is 11.6 Å². The van der Waals surface area contributed by atoms with Crippen molar-refractivity contribution in [2.45, 2.75) is 57.0 Å². The van der Waals surface area contributed by atoms with Crippen molar-refractivity contribution >= 4 is 26.0 Å². The summed E-state index contributed by atoms with van der Waals surface area (Å²) in [6.45, 7) is 6.46. The van der Waals surface area contributed by atoms with Gasteiger partial charge in [-0.3, -0.25) is 0 Å². The largest absolute Gasteiger partial charge is 0.452 e. The quantitative estimate of drug-likeness (QED) is 0.741. The molecule has 2 N–H and O–H groups in total. The first-order valence-electron chi connectivity index (χ1n) is 6.81. The third-order valence-corrected chi connectivity index (χ3v) is 6.16. The lowest BCUT2D eigenvalue weighted by Gasteiger charge is -2.31. The van der Waals surface area contributed by atoms with E-state index in [1.54, 1.807) is 13.1 Å². The van der Waals surface area contributed by atoms with E-state index in [0.717, 1.165) is 19.3 Å². The van der Waals surface area contributed by atoms with Crippen molar-refractivity contribution in [1.29, 1.82) is 0 Å². The minimum Gasteiger partial charge on any atom is -0.452 e. The number of furan rings is 1. The maximum Gasteiger partial charge on any atom is 0.245 e. The minimum absolute atomic E-state index is 0.155. The fourth-order valence-corrected chi connectivity index (χ4v) is 4.76. The third-order valence-electron chi connectivity index (χ3n) is 3.73. The Morgan fingerprint density at radius 3 is 2.25 bits per heavy atom. The van der Waals surface area contributed by atoms with Crippen molar-refractivity contribution in [3.8, 4) is 0 Å². The smallest absolute Gasteiger partial charge is 0.245 e. The Balaban J connectivity index is 3.10. The summed E-state index contributed by atoms with van der Waals surface area (Å²) >= 11 is 3.18. The number of hydrogen-bond acceptors (Lipinski definition) is 4. The number of nitrogens with one attached hydrogen (secondary N) is 2. The van der Waals surface area contributed by atoms with Gasteiger partial charge >= 0.3 is 0 Å². The standard InChI is InChI=1S/C13H23BrN2O3S/c1-5-13(6-2,7-3)16-20(17,18)11-8-10(9-15-4)19-12(11)14/h8,15-16H,5-7,9H2,1-4H3. The van der Waals surface area contributed by atoms with Crippen LogP contribution in [-0.2, 0) is 16.6 Å². The lowest BCUT2D eigenvalue weighted by molar-refractivity contribution is 0.341. The van der Waals surface area contributed by atoms with Crippen LogP contribution in [0.15, 0.2) is 20.0 Å². The lowest BCUT2D eigenvalue weighted by atomic mass is 9.91. The number of rotatable bonds is 8. The van der Waals surface area contributed by atoms with Gasteiger partial charge in [-0.05, 0) is 42.2 Å². The van der Waals surface area contributed by atoms with Crippen molar-refractivity contribution in [2.24, 2.45) is 0 Å². The molecule has 7 heteroatoms. The van der Waals surface area contributed by atoms with Gasteiger partial charge in [-0.1, -0.05) is 20.8 Å². The van der Waals surface area contributed by atoms with Gasteiger partial charge in [0.25, 0.3) is 0 Å². The van der Waals surface area contributed by atoms with E-state index in [9.17, 15) is 8.42 Å². The molecule has 0 unspecified atom stereocenters. The molecule has 0 radical (unpaired) electrons. The zero-order valence-corrected chi connectivity index (χ0v) is 14.8. The molecule has 0 saturated heterocycles. The predicted octanol–water partition coefficient (Wildman–Crippen LogP) is 3.01. The van der Waals surface area contributed by atoms with E-state index >= 15 is 0 Å². The van der Waals surface area contributed by atoms with Crippen molar-refractivity contribution in [3.05, 3.63) is 16.5 Å². The summed E-state index contributed by atoms with van der Waals surface area (Å²) in [5.41, 5.74) is -0.404. The first-order chi connectivity index (χ1) is 9.34. The van der Waals surface area contributed by atoms with Crippen LogP contribution in [0.4, 0.5) is 0 Å². The highest BCUT2D eigenvalue weighted by Gasteiger charge is 2.32. The molecule has 0 saturated carbocycles. The van der Waals surface area contributed by atoms with Gasteiger partial charge in [0.15, 0.2) is 4.67 Å². The summed E-state index contributed by atoms with van der Waals surface area (Å²) in [5, 5.41) is 2.93. The Morgan fingerprint density at radius 1 is 1.25 bits per heavy atom. The van der Waals surface area contributed by atoms with Crippen LogP contribution < -0.4 is 10.0 Å². The normalized spacial score (nSPS) is 12.8. The Morgan fingerprint density at radius 2 is 1.80 bits per heavy atom. The summed E-state index contributed by atoms with van der Waals surface area (Å²) in [4.78, 5) is 0.155. The Hall–Kier alpha value is -0.370. The predicted molar refractivity (Wildman–Crippen MR) is 83.1 cm³/mol. The summed E-state index contributed by atoms with van der Waals surface area (Å²) in [6.07, 6.45) is 2.24. The molecule has 20 heavy (non-hydrogen) atoms. The number of hydrogen-bond donors (Lipinski definition) is 2. The van der Waals surface area contributed by atoms with Crippen molar-refractivity contribution in [1.82, 2.24) is 10.0 Å². The van der Waals surface area contributed by atoms with E-state index in [1.807, 2.05) is 20.8 Å². The van der Waals surface area contributed by atoms with E-state index < -0.39 is 15.6 Å². The van der Waals surface area contributed by atoms with Crippen LogP contribution in [0.5, 0.6) is 0 Å². The highest BCUT2D eigenvalue weighted by Crippen LogP contribution is 2.29. The van der Waals surface area contributed by atoms with E-state index in [2.05, 4.69) is 26.0 Å². The molecule has 0 fully saturated rings. The Bertz CT molecular complexity index is 528. The zero-order chi connectivity index (χ0) is 15.4. The first-order valence-corrected chi connectivity index (χ1v) is 9.08.